The van der Waals surface area contributed by atoms with Crippen molar-refractivity contribution in [2.45, 2.75) is 24.7 Å². The number of hydrogen-bond donors (Lipinski definition) is 0. The Hall–Kier alpha value is -4.07. The Balaban J connectivity index is 1.80. The number of pyridine rings is 2. The third-order valence-electron chi connectivity index (χ3n) is 6.46. The molecule has 0 aliphatic carbocycles. The zero-order valence-corrected chi connectivity index (χ0v) is 21.4. The third kappa shape index (κ3) is 5.92. The van der Waals surface area contributed by atoms with Gasteiger partial charge in [-0.3, -0.25) is 4.98 Å². The fourth-order valence-electron chi connectivity index (χ4n) is 4.58. The highest BCUT2D eigenvalue weighted by atomic mass is 35.5. The zero-order chi connectivity index (χ0) is 31.7. The summed E-state index contributed by atoms with van der Waals surface area (Å²) >= 11 is 6.10. The van der Waals surface area contributed by atoms with Crippen LogP contribution in [0.5, 0.6) is 0 Å². The predicted octanol–water partition coefficient (Wildman–Crippen LogP) is 10.8. The Labute approximate surface area is 237 Å². The van der Waals surface area contributed by atoms with Gasteiger partial charge < -0.3 is 0 Å². The van der Waals surface area contributed by atoms with Crippen LogP contribution in [0.3, 0.4) is 0 Å². The average molecular weight is 639 g/mol. The van der Waals surface area contributed by atoms with Crippen molar-refractivity contribution in [3.05, 3.63) is 94.3 Å². The van der Waals surface area contributed by atoms with Crippen LogP contribution < -0.4 is 0 Å². The van der Waals surface area contributed by atoms with E-state index in [0.717, 1.165) is 18.3 Å². The van der Waals surface area contributed by atoms with E-state index in [1.165, 1.54) is 12.1 Å². The van der Waals surface area contributed by atoms with Crippen molar-refractivity contribution < 1.29 is 52.7 Å². The highest BCUT2D eigenvalue weighted by molar-refractivity contribution is 6.30. The van der Waals surface area contributed by atoms with Gasteiger partial charge in [-0.2, -0.15) is 52.7 Å². The molecule has 2 aromatic heterocycles. The van der Waals surface area contributed by atoms with Gasteiger partial charge in [0.15, 0.2) is 0 Å². The van der Waals surface area contributed by atoms with Crippen LogP contribution in [-0.2, 0) is 24.7 Å². The number of rotatable bonds is 2. The molecule has 5 aromatic rings. The van der Waals surface area contributed by atoms with Crippen molar-refractivity contribution in [2.24, 2.45) is 0 Å². The summed E-state index contributed by atoms with van der Waals surface area (Å²) in [5.41, 5.74) is -7.99. The molecule has 0 aliphatic rings. The predicted molar refractivity (Wildman–Crippen MR) is 133 cm³/mol. The van der Waals surface area contributed by atoms with E-state index >= 15 is 0 Å². The quantitative estimate of drug-likeness (QED) is 0.109. The Bertz CT molecular complexity index is 1820. The second-order valence-electron chi connectivity index (χ2n) is 9.30. The van der Waals surface area contributed by atoms with Crippen molar-refractivity contribution in [3.63, 3.8) is 0 Å². The van der Waals surface area contributed by atoms with Crippen LogP contribution in [0.2, 0.25) is 5.15 Å². The minimum absolute atomic E-state index is 0.0109. The topological polar surface area (TPSA) is 25.8 Å². The van der Waals surface area contributed by atoms with E-state index in [-0.39, 0.29) is 50.2 Å². The molecule has 5 rings (SSSR count). The summed E-state index contributed by atoms with van der Waals surface area (Å²) in [6.45, 7) is 0. The van der Waals surface area contributed by atoms with Gasteiger partial charge in [-0.1, -0.05) is 23.7 Å². The van der Waals surface area contributed by atoms with E-state index in [1.807, 2.05) is 0 Å². The van der Waals surface area contributed by atoms with Gasteiger partial charge in [0.05, 0.1) is 33.3 Å². The second kappa shape index (κ2) is 10.00. The van der Waals surface area contributed by atoms with Gasteiger partial charge in [0, 0.05) is 17.0 Å². The van der Waals surface area contributed by atoms with Gasteiger partial charge in [0.1, 0.15) is 5.15 Å². The minimum Gasteiger partial charge on any atom is -0.254 e. The summed E-state index contributed by atoms with van der Waals surface area (Å²) in [5.74, 6) is 0. The molecule has 15 heteroatoms. The third-order valence-corrected chi connectivity index (χ3v) is 6.65. The summed E-state index contributed by atoms with van der Waals surface area (Å²) in [6.07, 6.45) is -19.5. The largest absolute Gasteiger partial charge is 0.416 e. The van der Waals surface area contributed by atoms with Crippen molar-refractivity contribution in [1.29, 1.82) is 0 Å². The highest BCUT2D eigenvalue weighted by Gasteiger charge is 2.38. The lowest BCUT2D eigenvalue weighted by Crippen LogP contribution is -2.11. The van der Waals surface area contributed by atoms with E-state index in [0.29, 0.717) is 24.3 Å². The van der Waals surface area contributed by atoms with Crippen molar-refractivity contribution >= 4 is 33.4 Å². The molecular formula is C28H11ClF12N2. The van der Waals surface area contributed by atoms with E-state index in [9.17, 15) is 52.7 Å². The van der Waals surface area contributed by atoms with Crippen molar-refractivity contribution in [2.75, 3.05) is 0 Å². The van der Waals surface area contributed by atoms with Crippen LogP contribution in [0.15, 0.2) is 66.9 Å². The summed E-state index contributed by atoms with van der Waals surface area (Å²) in [6, 6.07) is 6.47. The lowest BCUT2D eigenvalue weighted by Gasteiger charge is -2.17. The number of hydrogen-bond acceptors (Lipinski definition) is 2. The van der Waals surface area contributed by atoms with Gasteiger partial charge in [0.2, 0.25) is 0 Å². The summed E-state index contributed by atoms with van der Waals surface area (Å²) < 4.78 is 162. The zero-order valence-electron chi connectivity index (χ0n) is 20.7. The molecular weight excluding hydrogens is 628 g/mol. The van der Waals surface area contributed by atoms with Crippen molar-refractivity contribution in [3.8, 4) is 22.3 Å². The number of halogens is 13. The van der Waals surface area contributed by atoms with E-state index < -0.39 is 58.1 Å². The molecule has 0 amide bonds. The smallest absolute Gasteiger partial charge is 0.254 e. The summed E-state index contributed by atoms with van der Waals surface area (Å²) in [4.78, 5) is 8.18. The molecule has 0 aliphatic heterocycles. The van der Waals surface area contributed by atoms with Gasteiger partial charge in [-0.15, -0.1) is 0 Å². The lowest BCUT2D eigenvalue weighted by molar-refractivity contribution is -0.144. The number of aromatic nitrogens is 2. The van der Waals surface area contributed by atoms with Gasteiger partial charge in [-0.25, -0.2) is 4.98 Å². The summed E-state index contributed by atoms with van der Waals surface area (Å²) in [7, 11) is 0. The molecule has 3 aromatic carbocycles. The van der Waals surface area contributed by atoms with Crippen LogP contribution >= 0.6 is 11.6 Å². The molecule has 0 saturated carbocycles. The van der Waals surface area contributed by atoms with Gasteiger partial charge in [0.25, 0.3) is 0 Å². The molecule has 224 valence electrons. The standard InChI is InChI=1S/C28H11ClF12N2/c29-22-11-21(13-7-16(27(36,37)38)10-17(8-13)28(39,40)41)20-2-1-19-18(3-4-42-23(19)24(20)43-22)12-5-14(25(30,31)32)9-15(6-12)26(33,34)35/h1-11H. The Kier molecular flexibility index (Phi) is 7.07. The van der Waals surface area contributed by atoms with Gasteiger partial charge >= 0.3 is 24.7 Å². The van der Waals surface area contributed by atoms with Crippen LogP contribution in [0.25, 0.3) is 44.1 Å². The Morgan fingerprint density at radius 3 is 1.28 bits per heavy atom. The fraction of sp³-hybridized carbons (Fsp3) is 0.143. The molecule has 0 spiro atoms. The maximum absolute atomic E-state index is 13.5. The first-order valence-electron chi connectivity index (χ1n) is 11.7. The van der Waals surface area contributed by atoms with E-state index in [4.69, 9.17) is 11.6 Å². The first kappa shape index (κ1) is 30.4. The molecule has 0 unspecified atom stereocenters. The van der Waals surface area contributed by atoms with Crippen LogP contribution in [0.1, 0.15) is 22.3 Å². The molecule has 2 nitrogen and oxygen atoms in total. The number of nitrogens with zero attached hydrogens (tertiary/aromatic N) is 2. The van der Waals surface area contributed by atoms with Crippen LogP contribution in [-0.4, -0.2) is 9.97 Å². The highest BCUT2D eigenvalue weighted by Crippen LogP contribution is 2.43. The van der Waals surface area contributed by atoms with Gasteiger partial charge in [-0.05, 0) is 70.8 Å². The van der Waals surface area contributed by atoms with E-state index in [1.54, 1.807) is 0 Å². The first-order valence-corrected chi connectivity index (χ1v) is 12.1. The number of benzene rings is 3. The van der Waals surface area contributed by atoms with Crippen molar-refractivity contribution in [1.82, 2.24) is 9.97 Å². The number of fused-ring (bicyclic) bond motifs is 3. The molecule has 0 atom stereocenters. The maximum atomic E-state index is 13.5. The number of alkyl halides is 12. The summed E-state index contributed by atoms with van der Waals surface area (Å²) in [5, 5.41) is -0.427. The molecule has 0 saturated heterocycles. The van der Waals surface area contributed by atoms with E-state index in [2.05, 4.69) is 9.97 Å². The van der Waals surface area contributed by atoms with Crippen LogP contribution in [0, 0.1) is 0 Å². The average Bonchev–Trinajstić information content (AvgIpc) is 2.89. The molecule has 0 radical (unpaired) electrons. The normalized spacial score (nSPS) is 13.2. The fourth-order valence-corrected chi connectivity index (χ4v) is 4.78. The Morgan fingerprint density at radius 1 is 0.465 bits per heavy atom. The lowest BCUT2D eigenvalue weighted by atomic mass is 9.93. The minimum atomic E-state index is -5.15. The first-order chi connectivity index (χ1) is 19.7. The Morgan fingerprint density at radius 2 is 0.860 bits per heavy atom. The second-order valence-corrected chi connectivity index (χ2v) is 9.69. The molecule has 43 heavy (non-hydrogen) atoms. The molecule has 0 N–H and O–H groups in total. The SMILES string of the molecule is FC(F)(F)c1cc(-c2ccnc3c2ccc2c(-c4cc(C(F)(F)F)cc(C(F)(F)F)c4)cc(Cl)nc23)cc(C(F)(F)F)c1. The molecule has 0 bridgehead atoms. The maximum Gasteiger partial charge on any atom is 0.416 e. The molecule has 2 heterocycles. The monoisotopic (exact) mass is 638 g/mol. The molecule has 0 fully saturated rings. The van der Waals surface area contributed by atoms with Crippen LogP contribution in [0.4, 0.5) is 52.7 Å².